The van der Waals surface area contributed by atoms with Gasteiger partial charge >= 0.3 is 43.7 Å². The minimum atomic E-state index is -1.09. The number of carboxylic acids is 2. The molecule has 0 heterocycles. The zero-order valence-electron chi connectivity index (χ0n) is 20.4. The van der Waals surface area contributed by atoms with Crippen LogP contribution in [0.25, 0.3) is 0 Å². The number of nitrogens with zero attached hydrogens (tertiary/aromatic N) is 1. The zero-order valence-corrected chi connectivity index (χ0v) is 22.6. The van der Waals surface area contributed by atoms with E-state index < -0.39 is 11.9 Å². The molecule has 0 aliphatic heterocycles. The van der Waals surface area contributed by atoms with E-state index in [1.54, 1.807) is 0 Å². The van der Waals surface area contributed by atoms with Gasteiger partial charge in [0.15, 0.2) is 0 Å². The van der Waals surface area contributed by atoms with Crippen LogP contribution in [0.2, 0.25) is 0 Å². The van der Waals surface area contributed by atoms with Gasteiger partial charge < -0.3 is 30.4 Å². The molecular formula is C24H40CaN2O6. The van der Waals surface area contributed by atoms with E-state index in [9.17, 15) is 24.6 Å². The third-order valence-corrected chi connectivity index (χ3v) is 4.22. The van der Waals surface area contributed by atoms with Gasteiger partial charge in [-0.2, -0.15) is 0 Å². The number of rotatable bonds is 18. The van der Waals surface area contributed by atoms with Crippen molar-refractivity contribution < 1.29 is 29.7 Å². The number of aliphatic carboxylic acids is 2. The Morgan fingerprint density at radius 2 is 1.39 bits per heavy atom. The molecule has 0 spiro atoms. The van der Waals surface area contributed by atoms with Gasteiger partial charge in [-0.25, -0.2) is 0 Å². The van der Waals surface area contributed by atoms with Crippen LogP contribution in [0, 0.1) is 0 Å². The van der Waals surface area contributed by atoms with Crippen LogP contribution < -0.4 is 15.5 Å². The van der Waals surface area contributed by atoms with E-state index in [0.717, 1.165) is 38.5 Å². The number of carbonyl (C=O) groups excluding carboxylic acids is 2. The summed E-state index contributed by atoms with van der Waals surface area (Å²) in [6, 6.07) is 0. The minimum Gasteiger partial charge on any atom is -0.862 e. The summed E-state index contributed by atoms with van der Waals surface area (Å²) < 4.78 is 0. The summed E-state index contributed by atoms with van der Waals surface area (Å²) in [5.41, 5.74) is 0. The van der Waals surface area contributed by atoms with Gasteiger partial charge in [0, 0.05) is 31.9 Å². The molecule has 0 aliphatic rings. The zero-order chi connectivity index (χ0) is 24.5. The van der Waals surface area contributed by atoms with E-state index in [4.69, 9.17) is 5.11 Å². The van der Waals surface area contributed by atoms with Gasteiger partial charge in [-0.05, 0) is 84.0 Å². The van der Waals surface area contributed by atoms with Gasteiger partial charge in [0.05, 0.1) is 0 Å². The number of nitrogens with one attached hydrogen (secondary N) is 1. The third kappa shape index (κ3) is 35.4. The van der Waals surface area contributed by atoms with Crippen LogP contribution in [0.1, 0.15) is 90.9 Å². The molecule has 1 amide bonds. The number of aliphatic imine (C=N–C) groups is 1. The van der Waals surface area contributed by atoms with Gasteiger partial charge in [-0.1, -0.05) is 24.3 Å². The molecule has 33 heavy (non-hydrogen) atoms. The van der Waals surface area contributed by atoms with Gasteiger partial charge in [0.2, 0.25) is 5.91 Å². The van der Waals surface area contributed by atoms with E-state index in [1.165, 1.54) is 0 Å². The molecule has 0 rings (SSSR count). The van der Waals surface area contributed by atoms with Crippen LogP contribution >= 0.6 is 0 Å². The van der Waals surface area contributed by atoms with Crippen molar-refractivity contribution in [1.82, 2.24) is 5.32 Å². The maximum Gasteiger partial charge on any atom is 2.00 e. The predicted molar refractivity (Wildman–Crippen MR) is 129 cm³/mol. The molecule has 0 bridgehead atoms. The molecule has 0 atom stereocenters. The Morgan fingerprint density at radius 3 is 1.91 bits per heavy atom. The first kappa shape index (κ1) is 36.2. The minimum absolute atomic E-state index is 0. The third-order valence-electron chi connectivity index (χ3n) is 4.22. The Kier molecular flexibility index (Phi) is 31.4. The molecular weight excluding hydrogens is 452 g/mol. The van der Waals surface area contributed by atoms with E-state index >= 15 is 0 Å². The summed E-state index contributed by atoms with van der Waals surface area (Å²) in [5.74, 6) is -2.01. The Hall–Kier alpha value is -1.38. The molecule has 0 saturated heterocycles. The summed E-state index contributed by atoms with van der Waals surface area (Å²) in [6.07, 6.45) is 15.9. The number of hydrogen-bond donors (Lipinski definition) is 2. The normalized spacial score (nSPS) is 11.0. The molecule has 2 N–H and O–H groups in total. The number of carboxylic acid groups (broad SMARTS) is 2. The Labute approximate surface area is 228 Å². The fourth-order valence-corrected chi connectivity index (χ4v) is 2.48. The number of hydrogen-bond acceptors (Lipinski definition) is 6. The second-order valence-corrected chi connectivity index (χ2v) is 7.23. The molecule has 0 aliphatic carbocycles. The van der Waals surface area contributed by atoms with Crippen molar-refractivity contribution in [2.75, 3.05) is 13.1 Å². The summed E-state index contributed by atoms with van der Waals surface area (Å²) in [5, 5.41) is 32.3. The van der Waals surface area contributed by atoms with E-state index in [-0.39, 0.29) is 62.4 Å². The molecule has 184 valence electrons. The van der Waals surface area contributed by atoms with Crippen molar-refractivity contribution in [3.8, 4) is 0 Å². The SMILES string of the molecule is C/C=C/CCCCC(=O)NCCCC(=O)O.C/C=C/CCCCC([O-])=NCCCC(=O)[O-].[Ca+2]. The molecule has 0 aromatic heterocycles. The second kappa shape index (κ2) is 28.7. The Bertz CT molecular complexity index is 592. The molecule has 0 unspecified atom stereocenters. The van der Waals surface area contributed by atoms with Crippen LogP contribution in [-0.2, 0) is 14.4 Å². The first-order valence-corrected chi connectivity index (χ1v) is 11.4. The van der Waals surface area contributed by atoms with Crippen molar-refractivity contribution in [1.29, 1.82) is 0 Å². The first-order chi connectivity index (χ1) is 15.3. The molecule has 0 fully saturated rings. The number of allylic oxidation sites excluding steroid dienone is 4. The predicted octanol–water partition coefficient (Wildman–Crippen LogP) is 2.13. The van der Waals surface area contributed by atoms with E-state index in [0.29, 0.717) is 38.8 Å². The smallest absolute Gasteiger partial charge is 0.862 e. The molecule has 0 saturated carbocycles. The Balaban J connectivity index is -0.000000529. The molecule has 0 aromatic carbocycles. The van der Waals surface area contributed by atoms with Crippen molar-refractivity contribution in [3.63, 3.8) is 0 Å². The first-order valence-electron chi connectivity index (χ1n) is 11.4. The molecule has 0 aromatic rings. The van der Waals surface area contributed by atoms with Gasteiger partial charge in [-0.3, -0.25) is 9.59 Å². The number of carbonyl (C=O) groups is 3. The second-order valence-electron chi connectivity index (χ2n) is 7.23. The van der Waals surface area contributed by atoms with Crippen LogP contribution in [0.3, 0.4) is 0 Å². The average molecular weight is 493 g/mol. The van der Waals surface area contributed by atoms with Gasteiger partial charge in [0.25, 0.3) is 0 Å². The summed E-state index contributed by atoms with van der Waals surface area (Å²) in [4.78, 5) is 35.3. The molecule has 0 radical (unpaired) electrons. The van der Waals surface area contributed by atoms with Crippen molar-refractivity contribution in [2.45, 2.75) is 90.9 Å². The quantitative estimate of drug-likeness (QED) is 0.0987. The maximum atomic E-state index is 11.2. The van der Waals surface area contributed by atoms with Crippen molar-refractivity contribution >= 4 is 61.5 Å². The van der Waals surface area contributed by atoms with Crippen molar-refractivity contribution in [3.05, 3.63) is 24.3 Å². The topological polar surface area (TPSA) is 142 Å². The van der Waals surface area contributed by atoms with Crippen LogP contribution in [0.4, 0.5) is 0 Å². The Morgan fingerprint density at radius 1 is 0.818 bits per heavy atom. The standard InChI is InChI=1S/2C12H21NO3.Ca/c2*1-2-3-4-5-6-8-11(14)13-10-7-9-12(15)16;/h2*2-3H,4-10H2,1H3,(H,13,14)(H,15,16);/q;;+2/p-2/b2*3-2+;. The van der Waals surface area contributed by atoms with Crippen molar-refractivity contribution in [2.24, 2.45) is 4.99 Å². The van der Waals surface area contributed by atoms with E-state index in [1.807, 2.05) is 26.0 Å². The summed E-state index contributed by atoms with van der Waals surface area (Å²) >= 11 is 0. The number of unbranched alkanes of at least 4 members (excludes halogenated alkanes) is 4. The maximum absolute atomic E-state index is 11.2. The largest absolute Gasteiger partial charge is 2.00 e. The fourth-order valence-electron chi connectivity index (χ4n) is 2.48. The van der Waals surface area contributed by atoms with Gasteiger partial charge in [-0.15, -0.1) is 0 Å². The molecule has 8 nitrogen and oxygen atoms in total. The summed E-state index contributed by atoms with van der Waals surface area (Å²) in [6.45, 7) is 4.70. The monoisotopic (exact) mass is 492 g/mol. The van der Waals surface area contributed by atoms with E-state index in [2.05, 4.69) is 22.5 Å². The average Bonchev–Trinajstić information content (AvgIpc) is 2.74. The molecule has 9 heteroatoms. The fraction of sp³-hybridized carbons (Fsp3) is 0.667. The summed E-state index contributed by atoms with van der Waals surface area (Å²) in [7, 11) is 0. The van der Waals surface area contributed by atoms with Gasteiger partial charge in [0.1, 0.15) is 0 Å². The van der Waals surface area contributed by atoms with Crippen LogP contribution in [0.15, 0.2) is 29.3 Å². The number of amides is 1. The van der Waals surface area contributed by atoms with Crippen LogP contribution in [0.5, 0.6) is 0 Å². The van der Waals surface area contributed by atoms with Crippen LogP contribution in [-0.4, -0.2) is 79.7 Å².